The summed E-state index contributed by atoms with van der Waals surface area (Å²) in [7, 11) is 0. The number of nitrogens with one attached hydrogen (secondary N) is 1. The number of hydrogen-bond donors (Lipinski definition) is 1. The summed E-state index contributed by atoms with van der Waals surface area (Å²) < 4.78 is 5.60. The molecule has 0 spiro atoms. The highest BCUT2D eigenvalue weighted by Gasteiger charge is 2.29. The van der Waals surface area contributed by atoms with Crippen molar-refractivity contribution in [2.45, 2.75) is 19.3 Å². The van der Waals surface area contributed by atoms with Crippen LogP contribution in [0.2, 0.25) is 0 Å². The SMILES string of the molecule is O=C1CCc2c(OOC(=O)C3COc4ccccc4C3)ccnc2N1. The highest BCUT2D eigenvalue weighted by Crippen LogP contribution is 2.30. The van der Waals surface area contributed by atoms with Crippen LogP contribution in [-0.4, -0.2) is 23.5 Å². The topological polar surface area (TPSA) is 86.8 Å². The molecule has 2 aliphatic heterocycles. The second-order valence-electron chi connectivity index (χ2n) is 5.99. The van der Waals surface area contributed by atoms with Gasteiger partial charge in [-0.3, -0.25) is 9.68 Å². The summed E-state index contributed by atoms with van der Waals surface area (Å²) in [5.41, 5.74) is 1.69. The number of amides is 1. The molecule has 1 aromatic carbocycles. The molecule has 25 heavy (non-hydrogen) atoms. The molecule has 0 aliphatic carbocycles. The Morgan fingerprint density at radius 2 is 2.12 bits per heavy atom. The number of nitrogens with zero attached hydrogens (tertiary/aromatic N) is 1. The molecule has 0 saturated carbocycles. The first-order valence-corrected chi connectivity index (χ1v) is 8.07. The van der Waals surface area contributed by atoms with Gasteiger partial charge in [-0.2, -0.15) is 0 Å². The molecule has 0 bridgehead atoms. The fourth-order valence-corrected chi connectivity index (χ4v) is 2.97. The molecule has 2 aromatic rings. The second-order valence-corrected chi connectivity index (χ2v) is 5.99. The fourth-order valence-electron chi connectivity index (χ4n) is 2.97. The van der Waals surface area contributed by atoms with Gasteiger partial charge in [0.1, 0.15) is 18.2 Å². The molecule has 1 N–H and O–H groups in total. The third-order valence-electron chi connectivity index (χ3n) is 4.30. The van der Waals surface area contributed by atoms with Crippen LogP contribution in [0.3, 0.4) is 0 Å². The maximum absolute atomic E-state index is 12.3. The number of fused-ring (bicyclic) bond motifs is 2. The minimum Gasteiger partial charge on any atom is -0.492 e. The number of ether oxygens (including phenoxy) is 1. The van der Waals surface area contributed by atoms with Gasteiger partial charge >= 0.3 is 5.97 Å². The summed E-state index contributed by atoms with van der Waals surface area (Å²) in [5.74, 6) is 0.626. The van der Waals surface area contributed by atoms with Crippen molar-refractivity contribution in [2.75, 3.05) is 11.9 Å². The first-order valence-electron chi connectivity index (χ1n) is 8.07. The van der Waals surface area contributed by atoms with Crippen LogP contribution in [0, 0.1) is 5.92 Å². The molecule has 2 aliphatic rings. The van der Waals surface area contributed by atoms with Crippen LogP contribution < -0.4 is 14.9 Å². The van der Waals surface area contributed by atoms with Crippen molar-refractivity contribution in [1.82, 2.24) is 4.98 Å². The van der Waals surface area contributed by atoms with Gasteiger partial charge in [-0.25, -0.2) is 14.7 Å². The highest BCUT2D eigenvalue weighted by molar-refractivity contribution is 5.93. The van der Waals surface area contributed by atoms with E-state index in [2.05, 4.69) is 10.3 Å². The molecule has 3 heterocycles. The lowest BCUT2D eigenvalue weighted by molar-refractivity contribution is -0.220. The van der Waals surface area contributed by atoms with Crippen LogP contribution >= 0.6 is 0 Å². The summed E-state index contributed by atoms with van der Waals surface area (Å²) in [5, 5.41) is 2.67. The zero-order valence-corrected chi connectivity index (χ0v) is 13.4. The molecule has 1 unspecified atom stereocenters. The summed E-state index contributed by atoms with van der Waals surface area (Å²) in [4.78, 5) is 38.1. The summed E-state index contributed by atoms with van der Waals surface area (Å²) in [6, 6.07) is 9.22. The molecule has 7 nitrogen and oxygen atoms in total. The van der Waals surface area contributed by atoms with Gasteiger partial charge < -0.3 is 10.1 Å². The van der Waals surface area contributed by atoms with Crippen molar-refractivity contribution < 1.29 is 24.1 Å². The average molecular weight is 340 g/mol. The number of rotatable bonds is 3. The number of anilines is 1. The molecule has 1 aromatic heterocycles. The van der Waals surface area contributed by atoms with E-state index in [1.807, 2.05) is 24.3 Å². The van der Waals surface area contributed by atoms with E-state index in [-0.39, 0.29) is 12.5 Å². The van der Waals surface area contributed by atoms with E-state index in [1.54, 1.807) is 6.07 Å². The quantitative estimate of drug-likeness (QED) is 0.680. The van der Waals surface area contributed by atoms with Crippen molar-refractivity contribution in [3.05, 3.63) is 47.7 Å². The molecule has 0 saturated heterocycles. The third-order valence-corrected chi connectivity index (χ3v) is 4.30. The standard InChI is InChI=1S/C18H16N2O5/c21-16-6-5-13-15(7-8-19-17(13)20-16)24-25-18(22)12-9-11-3-1-2-4-14(11)23-10-12/h1-4,7-8,12H,5-6,9-10H2,(H,19,20,21). The van der Waals surface area contributed by atoms with Crippen molar-refractivity contribution in [2.24, 2.45) is 5.92 Å². The van der Waals surface area contributed by atoms with Crippen molar-refractivity contribution >= 4 is 17.7 Å². The van der Waals surface area contributed by atoms with Gasteiger partial charge in [-0.05, 0) is 24.5 Å². The smallest absolute Gasteiger partial charge is 0.362 e. The predicted molar refractivity (Wildman–Crippen MR) is 87.0 cm³/mol. The largest absolute Gasteiger partial charge is 0.492 e. The molecular formula is C18H16N2O5. The highest BCUT2D eigenvalue weighted by atomic mass is 17.2. The molecule has 0 fully saturated rings. The van der Waals surface area contributed by atoms with Gasteiger partial charge in [0.2, 0.25) is 5.91 Å². The monoisotopic (exact) mass is 340 g/mol. The van der Waals surface area contributed by atoms with Crippen LogP contribution in [0.4, 0.5) is 5.82 Å². The molecule has 4 rings (SSSR count). The van der Waals surface area contributed by atoms with Gasteiger partial charge in [-0.1, -0.05) is 18.2 Å². The number of aromatic nitrogens is 1. The number of carbonyl (C=O) groups is 2. The predicted octanol–water partition coefficient (Wildman–Crippen LogP) is 2.05. The maximum atomic E-state index is 12.3. The normalized spacial score (nSPS) is 18.2. The fraction of sp³-hybridized carbons (Fsp3) is 0.278. The Morgan fingerprint density at radius 3 is 3.04 bits per heavy atom. The summed E-state index contributed by atoms with van der Waals surface area (Å²) >= 11 is 0. The lowest BCUT2D eigenvalue weighted by Gasteiger charge is -2.23. The lowest BCUT2D eigenvalue weighted by Crippen LogP contribution is -2.30. The lowest BCUT2D eigenvalue weighted by atomic mass is 9.97. The van der Waals surface area contributed by atoms with Crippen LogP contribution in [0.25, 0.3) is 0 Å². The molecule has 7 heteroatoms. The van der Waals surface area contributed by atoms with Gasteiger partial charge in [0.25, 0.3) is 0 Å². The van der Waals surface area contributed by atoms with Gasteiger partial charge in [-0.15, -0.1) is 0 Å². The van der Waals surface area contributed by atoms with E-state index >= 15 is 0 Å². The Morgan fingerprint density at radius 1 is 1.24 bits per heavy atom. The Hall–Kier alpha value is -3.09. The van der Waals surface area contributed by atoms with E-state index in [0.717, 1.165) is 16.9 Å². The Balaban J connectivity index is 1.42. The van der Waals surface area contributed by atoms with E-state index in [0.29, 0.717) is 30.8 Å². The molecule has 128 valence electrons. The summed E-state index contributed by atoms with van der Waals surface area (Å²) in [6.07, 6.45) is 2.87. The number of hydrogen-bond acceptors (Lipinski definition) is 6. The number of pyridine rings is 1. The zero-order valence-electron chi connectivity index (χ0n) is 13.4. The first-order chi connectivity index (χ1) is 12.2. The van der Waals surface area contributed by atoms with E-state index < -0.39 is 11.9 Å². The first kappa shape index (κ1) is 15.4. The van der Waals surface area contributed by atoms with Crippen LogP contribution in [0.5, 0.6) is 11.5 Å². The van der Waals surface area contributed by atoms with Crippen LogP contribution in [0.1, 0.15) is 17.5 Å². The average Bonchev–Trinajstić information content (AvgIpc) is 2.65. The van der Waals surface area contributed by atoms with Gasteiger partial charge in [0.15, 0.2) is 5.75 Å². The van der Waals surface area contributed by atoms with Crippen LogP contribution in [-0.2, 0) is 27.3 Å². The van der Waals surface area contributed by atoms with Crippen molar-refractivity contribution in [3.8, 4) is 11.5 Å². The van der Waals surface area contributed by atoms with Crippen molar-refractivity contribution in [3.63, 3.8) is 0 Å². The molecular weight excluding hydrogens is 324 g/mol. The molecule has 1 atom stereocenters. The molecule has 1 amide bonds. The van der Waals surface area contributed by atoms with E-state index in [9.17, 15) is 9.59 Å². The van der Waals surface area contributed by atoms with Crippen molar-refractivity contribution in [1.29, 1.82) is 0 Å². The maximum Gasteiger partial charge on any atom is 0.362 e. The molecule has 0 radical (unpaired) electrons. The number of para-hydroxylation sites is 1. The van der Waals surface area contributed by atoms with Crippen LogP contribution in [0.15, 0.2) is 36.5 Å². The van der Waals surface area contributed by atoms with Gasteiger partial charge in [0.05, 0.1) is 5.92 Å². The van der Waals surface area contributed by atoms with E-state index in [4.69, 9.17) is 14.5 Å². The summed E-state index contributed by atoms with van der Waals surface area (Å²) in [6.45, 7) is 0.254. The minimum atomic E-state index is -0.486. The third kappa shape index (κ3) is 3.13. The minimum absolute atomic E-state index is 0.0906. The Labute approximate surface area is 143 Å². The van der Waals surface area contributed by atoms with E-state index in [1.165, 1.54) is 6.20 Å². The Bertz CT molecular complexity index is 836. The zero-order chi connectivity index (χ0) is 17.2. The van der Waals surface area contributed by atoms with Gasteiger partial charge in [0, 0.05) is 24.2 Å². The Kier molecular flexibility index (Phi) is 3.97. The number of carbonyl (C=O) groups excluding carboxylic acids is 2. The number of benzene rings is 1. The second kappa shape index (κ2) is 6.43.